The number of likely N-dealkylation sites (tertiary alicyclic amines) is 1. The standard InChI is InChI=1S/C20H23N7O2.ClH/c1-25-9-15(16-3-2-5-21-17(16)25)10-26-11-20(12-26)4-6-27(13-20)19-22-7-14(8-23-19)18(28)24-29;/h2-3,5,7-9,29H,4,6,10-13H2,1H3,(H,24,28);1H. The fourth-order valence-corrected chi connectivity index (χ4v) is 4.70. The van der Waals surface area contributed by atoms with Crippen molar-refractivity contribution < 1.29 is 10.0 Å². The molecule has 10 heteroatoms. The second kappa shape index (κ2) is 7.82. The monoisotopic (exact) mass is 429 g/mol. The molecule has 1 spiro atoms. The van der Waals surface area contributed by atoms with E-state index in [9.17, 15) is 4.79 Å². The second-order valence-corrected chi connectivity index (χ2v) is 8.17. The fraction of sp³-hybridized carbons (Fsp3) is 0.400. The van der Waals surface area contributed by atoms with Crippen molar-refractivity contribution in [1.82, 2.24) is 29.9 Å². The molecule has 0 aromatic carbocycles. The highest BCUT2D eigenvalue weighted by Gasteiger charge is 2.48. The first kappa shape index (κ1) is 20.5. The van der Waals surface area contributed by atoms with E-state index in [-0.39, 0.29) is 23.4 Å². The Labute approximate surface area is 180 Å². The summed E-state index contributed by atoms with van der Waals surface area (Å²) in [7, 11) is 2.04. The quantitative estimate of drug-likeness (QED) is 0.480. The predicted octanol–water partition coefficient (Wildman–Crippen LogP) is 1.62. The third kappa shape index (κ3) is 3.49. The van der Waals surface area contributed by atoms with Crippen molar-refractivity contribution in [3.8, 4) is 0 Å². The molecule has 3 aromatic heterocycles. The summed E-state index contributed by atoms with van der Waals surface area (Å²) in [5, 5.41) is 9.92. The number of fused-ring (bicyclic) bond motifs is 1. The molecule has 2 aliphatic heterocycles. The Bertz CT molecular complexity index is 1060. The first-order valence-corrected chi connectivity index (χ1v) is 9.70. The average Bonchev–Trinajstić information content (AvgIpc) is 3.30. The average molecular weight is 430 g/mol. The molecule has 1 amide bonds. The third-order valence-corrected chi connectivity index (χ3v) is 6.05. The van der Waals surface area contributed by atoms with Crippen molar-refractivity contribution in [3.63, 3.8) is 0 Å². The van der Waals surface area contributed by atoms with Gasteiger partial charge in [0.1, 0.15) is 5.65 Å². The van der Waals surface area contributed by atoms with Crippen LogP contribution in [0.25, 0.3) is 11.0 Å². The molecule has 3 aromatic rings. The first-order valence-electron chi connectivity index (χ1n) is 9.70. The van der Waals surface area contributed by atoms with E-state index in [1.807, 2.05) is 19.3 Å². The number of hydrogen-bond donors (Lipinski definition) is 2. The summed E-state index contributed by atoms with van der Waals surface area (Å²) in [6, 6.07) is 4.14. The lowest BCUT2D eigenvalue weighted by atomic mass is 9.79. The highest BCUT2D eigenvalue weighted by atomic mass is 35.5. The van der Waals surface area contributed by atoms with Crippen LogP contribution in [0.3, 0.4) is 0 Å². The summed E-state index contributed by atoms with van der Waals surface area (Å²) in [5.41, 5.74) is 4.47. The minimum atomic E-state index is -0.604. The molecule has 0 bridgehead atoms. The van der Waals surface area contributed by atoms with Crippen LogP contribution < -0.4 is 10.4 Å². The van der Waals surface area contributed by atoms with Crippen LogP contribution in [0.2, 0.25) is 0 Å². The van der Waals surface area contributed by atoms with Crippen LogP contribution in [0.4, 0.5) is 5.95 Å². The number of aromatic nitrogens is 4. The van der Waals surface area contributed by atoms with Crippen LogP contribution >= 0.6 is 12.4 Å². The number of carbonyl (C=O) groups is 1. The normalized spacial score (nSPS) is 17.7. The number of hydroxylamine groups is 1. The zero-order valence-corrected chi connectivity index (χ0v) is 17.5. The number of pyridine rings is 1. The molecule has 2 N–H and O–H groups in total. The Morgan fingerprint density at radius 2 is 2.00 bits per heavy atom. The Kier molecular flexibility index (Phi) is 5.35. The van der Waals surface area contributed by atoms with Crippen molar-refractivity contribution in [2.75, 3.05) is 31.1 Å². The summed E-state index contributed by atoms with van der Waals surface area (Å²) >= 11 is 0. The van der Waals surface area contributed by atoms with Gasteiger partial charge in [-0.2, -0.15) is 0 Å². The van der Waals surface area contributed by atoms with Crippen molar-refractivity contribution in [2.45, 2.75) is 13.0 Å². The van der Waals surface area contributed by atoms with Crippen molar-refractivity contribution in [2.24, 2.45) is 12.5 Å². The maximum Gasteiger partial charge on any atom is 0.277 e. The first-order chi connectivity index (χ1) is 14.1. The summed E-state index contributed by atoms with van der Waals surface area (Å²) in [4.78, 5) is 29.1. The van der Waals surface area contributed by atoms with Crippen LogP contribution in [0.15, 0.2) is 36.9 Å². The number of carbonyl (C=O) groups excluding carboxylic acids is 1. The van der Waals surface area contributed by atoms with Crippen LogP contribution in [-0.4, -0.2) is 61.7 Å². The number of amides is 1. The van der Waals surface area contributed by atoms with Gasteiger partial charge in [0.25, 0.3) is 5.91 Å². The maximum atomic E-state index is 11.4. The zero-order valence-electron chi connectivity index (χ0n) is 16.7. The molecule has 2 fully saturated rings. The Balaban J connectivity index is 0.00000218. The topological polar surface area (TPSA) is 99.4 Å². The third-order valence-electron chi connectivity index (χ3n) is 6.05. The van der Waals surface area contributed by atoms with E-state index >= 15 is 0 Å². The van der Waals surface area contributed by atoms with E-state index in [2.05, 4.69) is 41.6 Å². The molecule has 2 saturated heterocycles. The molecule has 0 aliphatic carbocycles. The van der Waals surface area contributed by atoms with Gasteiger partial charge in [-0.3, -0.25) is 14.9 Å². The van der Waals surface area contributed by atoms with E-state index < -0.39 is 5.91 Å². The Morgan fingerprint density at radius 3 is 2.73 bits per heavy atom. The predicted molar refractivity (Wildman–Crippen MR) is 114 cm³/mol. The van der Waals surface area contributed by atoms with Gasteiger partial charge in [0, 0.05) is 75.4 Å². The van der Waals surface area contributed by atoms with Crippen LogP contribution in [0.5, 0.6) is 0 Å². The van der Waals surface area contributed by atoms with E-state index in [0.717, 1.165) is 44.8 Å². The van der Waals surface area contributed by atoms with Gasteiger partial charge >= 0.3 is 0 Å². The largest absolute Gasteiger partial charge is 0.340 e. The summed E-state index contributed by atoms with van der Waals surface area (Å²) in [6.45, 7) is 4.90. The Morgan fingerprint density at radius 1 is 1.23 bits per heavy atom. The molecule has 5 rings (SSSR count). The van der Waals surface area contributed by atoms with Gasteiger partial charge in [-0.15, -0.1) is 12.4 Å². The van der Waals surface area contributed by atoms with E-state index in [4.69, 9.17) is 5.21 Å². The molecular formula is C20H24ClN7O2. The van der Waals surface area contributed by atoms with Crippen molar-refractivity contribution in [1.29, 1.82) is 0 Å². The van der Waals surface area contributed by atoms with Crippen molar-refractivity contribution in [3.05, 3.63) is 48.0 Å². The lowest BCUT2D eigenvalue weighted by Gasteiger charge is -2.48. The summed E-state index contributed by atoms with van der Waals surface area (Å²) in [6.07, 6.45) is 8.02. The number of aryl methyl sites for hydroxylation is 1. The van der Waals surface area contributed by atoms with Gasteiger partial charge in [-0.25, -0.2) is 20.4 Å². The van der Waals surface area contributed by atoms with Gasteiger partial charge < -0.3 is 9.47 Å². The fourth-order valence-electron chi connectivity index (χ4n) is 4.70. The minimum absolute atomic E-state index is 0. The molecule has 0 saturated carbocycles. The molecule has 0 radical (unpaired) electrons. The zero-order chi connectivity index (χ0) is 20.0. The number of halogens is 1. The van der Waals surface area contributed by atoms with Crippen LogP contribution in [0.1, 0.15) is 22.3 Å². The number of nitrogens with zero attached hydrogens (tertiary/aromatic N) is 6. The van der Waals surface area contributed by atoms with E-state index in [0.29, 0.717) is 5.95 Å². The number of nitrogens with one attached hydrogen (secondary N) is 1. The highest BCUT2D eigenvalue weighted by Crippen LogP contribution is 2.41. The second-order valence-electron chi connectivity index (χ2n) is 8.17. The maximum absolute atomic E-state index is 11.4. The van der Waals surface area contributed by atoms with Crippen LogP contribution in [0, 0.1) is 5.41 Å². The van der Waals surface area contributed by atoms with Gasteiger partial charge in [-0.05, 0) is 24.1 Å². The van der Waals surface area contributed by atoms with Gasteiger partial charge in [0.2, 0.25) is 5.95 Å². The molecule has 0 atom stereocenters. The number of hydrogen-bond acceptors (Lipinski definition) is 7. The molecule has 30 heavy (non-hydrogen) atoms. The lowest BCUT2D eigenvalue weighted by molar-refractivity contribution is 0.0119. The molecule has 0 unspecified atom stereocenters. The number of rotatable bonds is 4. The van der Waals surface area contributed by atoms with Crippen molar-refractivity contribution >= 4 is 35.3 Å². The van der Waals surface area contributed by atoms with E-state index in [1.54, 1.807) is 5.48 Å². The molecule has 2 aliphatic rings. The van der Waals surface area contributed by atoms with Gasteiger partial charge in [-0.1, -0.05) is 0 Å². The Hall–Kier alpha value is -2.75. The molecule has 158 valence electrons. The SMILES string of the molecule is Cl.Cn1cc(CN2CC3(CCN(c4ncc(C(=O)NO)cn4)C3)C2)c2cccnc21. The van der Waals surface area contributed by atoms with E-state index in [1.165, 1.54) is 23.3 Å². The van der Waals surface area contributed by atoms with Gasteiger partial charge in [0.05, 0.1) is 5.56 Å². The van der Waals surface area contributed by atoms with Crippen LogP contribution in [-0.2, 0) is 13.6 Å². The minimum Gasteiger partial charge on any atom is -0.340 e. The molecular weight excluding hydrogens is 406 g/mol. The number of anilines is 1. The smallest absolute Gasteiger partial charge is 0.277 e. The summed E-state index contributed by atoms with van der Waals surface area (Å²) in [5.74, 6) is 0.0302. The highest BCUT2D eigenvalue weighted by molar-refractivity contribution is 5.92. The molecule has 9 nitrogen and oxygen atoms in total. The summed E-state index contributed by atoms with van der Waals surface area (Å²) < 4.78 is 2.09. The van der Waals surface area contributed by atoms with Gasteiger partial charge in [0.15, 0.2) is 0 Å². The lowest BCUT2D eigenvalue weighted by Crippen LogP contribution is -2.56. The molecule has 5 heterocycles.